The molecule has 5 nitrogen and oxygen atoms in total. The van der Waals surface area contributed by atoms with Crippen molar-refractivity contribution in [2.24, 2.45) is 0 Å². The summed E-state index contributed by atoms with van der Waals surface area (Å²) < 4.78 is 4.99. The number of nitrogens with two attached hydrogens (primary N) is 1. The monoisotopic (exact) mass is 215 g/mol. The van der Waals surface area contributed by atoms with E-state index in [9.17, 15) is 9.59 Å². The fraction of sp³-hybridized carbons (Fsp3) is 0.800. The summed E-state index contributed by atoms with van der Waals surface area (Å²) in [7, 11) is 0. The number of piperazine rings is 1. The van der Waals surface area contributed by atoms with Crippen molar-refractivity contribution in [3.8, 4) is 0 Å². The minimum Gasteiger partial charge on any atom is -0.465 e. The topological polar surface area (TPSA) is 72.0 Å². The lowest BCUT2D eigenvalue weighted by atomic mass is 10.1. The molecule has 0 aliphatic carbocycles. The number of unbranched alkanes of at least 4 members (excludes halogenated alkanes) is 1. The van der Waals surface area contributed by atoms with Crippen LogP contribution in [0.4, 0.5) is 0 Å². The van der Waals surface area contributed by atoms with E-state index in [2.05, 4.69) is 5.32 Å². The van der Waals surface area contributed by atoms with Gasteiger partial charge in [-0.3, -0.25) is 9.59 Å². The molecule has 0 radical (unpaired) electrons. The number of nitrogens with one attached hydrogen (secondary N) is 1. The Labute approximate surface area is 89.6 Å². The molecular formula is C10H19N2O3+. The Morgan fingerprint density at radius 3 is 3.13 bits per heavy atom. The third-order valence-corrected chi connectivity index (χ3v) is 2.38. The lowest BCUT2D eigenvalue weighted by molar-refractivity contribution is -0.678. The summed E-state index contributed by atoms with van der Waals surface area (Å²) in [5.74, 6) is -0.338. The van der Waals surface area contributed by atoms with Crippen LogP contribution in [0.2, 0.25) is 0 Å². The maximum absolute atomic E-state index is 11.3. The number of amides is 1. The van der Waals surface area contributed by atoms with Gasteiger partial charge in [0.15, 0.2) is 6.04 Å². The van der Waals surface area contributed by atoms with Crippen molar-refractivity contribution in [1.82, 2.24) is 5.32 Å². The fourth-order valence-electron chi connectivity index (χ4n) is 1.46. The highest BCUT2D eigenvalue weighted by Gasteiger charge is 2.28. The number of carbonyl (C=O) groups is 2. The van der Waals surface area contributed by atoms with Crippen molar-refractivity contribution in [1.29, 1.82) is 0 Å². The molecule has 0 unspecified atom stereocenters. The molecule has 1 fully saturated rings. The number of hydrogen-bond donors (Lipinski definition) is 2. The first-order valence-electron chi connectivity index (χ1n) is 5.50. The number of hydrogen-bond acceptors (Lipinski definition) is 3. The van der Waals surface area contributed by atoms with Crippen molar-refractivity contribution >= 4 is 11.9 Å². The molecule has 0 aromatic carbocycles. The Balaban J connectivity index is 2.21. The zero-order valence-corrected chi connectivity index (χ0v) is 9.12. The van der Waals surface area contributed by atoms with Gasteiger partial charge in [0.25, 0.3) is 5.91 Å². The van der Waals surface area contributed by atoms with Crippen molar-refractivity contribution in [3.63, 3.8) is 0 Å². The molecule has 1 saturated heterocycles. The van der Waals surface area contributed by atoms with Crippen LogP contribution in [0.25, 0.3) is 0 Å². The van der Waals surface area contributed by atoms with Gasteiger partial charge in [-0.2, -0.15) is 0 Å². The van der Waals surface area contributed by atoms with E-state index in [1.54, 1.807) is 0 Å². The van der Waals surface area contributed by atoms with Crippen molar-refractivity contribution in [2.45, 2.75) is 32.2 Å². The van der Waals surface area contributed by atoms with Gasteiger partial charge >= 0.3 is 5.97 Å². The van der Waals surface area contributed by atoms with Crippen LogP contribution in [-0.4, -0.2) is 37.6 Å². The third-order valence-electron chi connectivity index (χ3n) is 2.38. The number of carbonyl (C=O) groups excluding carboxylic acids is 2. The average molecular weight is 215 g/mol. The number of esters is 1. The van der Waals surface area contributed by atoms with Crippen molar-refractivity contribution in [3.05, 3.63) is 0 Å². The summed E-state index contributed by atoms with van der Waals surface area (Å²) in [4.78, 5) is 22.6. The van der Waals surface area contributed by atoms with Crippen molar-refractivity contribution in [2.75, 3.05) is 19.7 Å². The number of rotatable bonds is 5. The summed E-state index contributed by atoms with van der Waals surface area (Å²) in [5.41, 5.74) is 0. The van der Waals surface area contributed by atoms with E-state index in [0.717, 1.165) is 19.4 Å². The first-order valence-corrected chi connectivity index (χ1v) is 5.50. The maximum atomic E-state index is 11.3. The van der Waals surface area contributed by atoms with Gasteiger partial charge in [-0.05, 0) is 6.42 Å². The Morgan fingerprint density at radius 2 is 2.47 bits per heavy atom. The van der Waals surface area contributed by atoms with Gasteiger partial charge in [0.2, 0.25) is 0 Å². The zero-order chi connectivity index (χ0) is 11.1. The highest BCUT2D eigenvalue weighted by molar-refractivity contribution is 5.85. The second-order valence-corrected chi connectivity index (χ2v) is 3.70. The molecule has 1 amide bonds. The molecule has 0 spiro atoms. The summed E-state index contributed by atoms with van der Waals surface area (Å²) >= 11 is 0. The Kier molecular flexibility index (Phi) is 5.10. The van der Waals surface area contributed by atoms with E-state index in [4.69, 9.17) is 4.74 Å². The number of quaternary nitrogens is 1. The second-order valence-electron chi connectivity index (χ2n) is 3.70. The molecule has 1 rings (SSSR count). The molecule has 0 bridgehead atoms. The van der Waals surface area contributed by atoms with Gasteiger partial charge in [0.1, 0.15) is 6.42 Å². The third kappa shape index (κ3) is 4.29. The standard InChI is InChI=1S/C10H18N2O3/c1-2-3-6-15-9(13)7-8-10(14)12-5-4-11-8/h8,11H,2-7H2,1H3,(H,12,14)/p+1/t8-/m1/s1. The van der Waals surface area contributed by atoms with E-state index >= 15 is 0 Å². The minimum absolute atomic E-state index is 0.0614. The zero-order valence-electron chi connectivity index (χ0n) is 9.12. The Bertz CT molecular complexity index is 231. The van der Waals surface area contributed by atoms with Crippen LogP contribution < -0.4 is 10.6 Å². The van der Waals surface area contributed by atoms with Crippen LogP contribution in [0.3, 0.4) is 0 Å². The van der Waals surface area contributed by atoms with Gasteiger partial charge in [-0.1, -0.05) is 13.3 Å². The molecular weight excluding hydrogens is 196 g/mol. The van der Waals surface area contributed by atoms with Gasteiger partial charge in [0.05, 0.1) is 19.7 Å². The quantitative estimate of drug-likeness (QED) is 0.446. The van der Waals surface area contributed by atoms with Crippen LogP contribution >= 0.6 is 0 Å². The summed E-state index contributed by atoms with van der Waals surface area (Å²) in [6.45, 7) is 4.01. The van der Waals surface area contributed by atoms with E-state index < -0.39 is 0 Å². The SMILES string of the molecule is CCCCOC(=O)C[C@H]1[NH2+]CCNC1=O. The summed E-state index contributed by atoms with van der Waals surface area (Å²) in [6, 6.07) is -0.298. The van der Waals surface area contributed by atoms with E-state index in [-0.39, 0.29) is 24.3 Å². The Morgan fingerprint density at radius 1 is 1.67 bits per heavy atom. The highest BCUT2D eigenvalue weighted by Crippen LogP contribution is 1.95. The van der Waals surface area contributed by atoms with Gasteiger partial charge in [-0.25, -0.2) is 0 Å². The van der Waals surface area contributed by atoms with E-state index in [0.29, 0.717) is 13.2 Å². The molecule has 86 valence electrons. The molecule has 1 aliphatic heterocycles. The summed E-state index contributed by atoms with van der Waals surface area (Å²) in [5, 5.41) is 4.62. The van der Waals surface area contributed by atoms with E-state index in [1.807, 2.05) is 12.2 Å². The maximum Gasteiger partial charge on any atom is 0.312 e. The molecule has 0 aromatic rings. The van der Waals surface area contributed by atoms with Crippen LogP contribution in [-0.2, 0) is 14.3 Å². The number of ether oxygens (including phenoxy) is 1. The van der Waals surface area contributed by atoms with E-state index in [1.165, 1.54) is 0 Å². The van der Waals surface area contributed by atoms with Gasteiger partial charge in [-0.15, -0.1) is 0 Å². The predicted molar refractivity (Wildman–Crippen MR) is 54.1 cm³/mol. The molecule has 5 heteroatoms. The lowest BCUT2D eigenvalue weighted by Crippen LogP contribution is -2.96. The first kappa shape index (κ1) is 12.0. The van der Waals surface area contributed by atoms with Crippen LogP contribution in [0.15, 0.2) is 0 Å². The van der Waals surface area contributed by atoms with Crippen LogP contribution in [0.5, 0.6) is 0 Å². The smallest absolute Gasteiger partial charge is 0.312 e. The average Bonchev–Trinajstić information content (AvgIpc) is 2.22. The molecule has 0 saturated carbocycles. The fourth-order valence-corrected chi connectivity index (χ4v) is 1.46. The van der Waals surface area contributed by atoms with Crippen LogP contribution in [0.1, 0.15) is 26.2 Å². The minimum atomic E-state index is -0.298. The van der Waals surface area contributed by atoms with Gasteiger partial charge in [0, 0.05) is 0 Å². The normalized spacial score (nSPS) is 20.9. The molecule has 1 heterocycles. The highest BCUT2D eigenvalue weighted by atomic mass is 16.5. The molecule has 15 heavy (non-hydrogen) atoms. The molecule has 0 aromatic heterocycles. The Hall–Kier alpha value is -1.10. The summed E-state index contributed by atoms with van der Waals surface area (Å²) in [6.07, 6.45) is 2.06. The van der Waals surface area contributed by atoms with Crippen molar-refractivity contribution < 1.29 is 19.6 Å². The largest absolute Gasteiger partial charge is 0.465 e. The molecule has 3 N–H and O–H groups in total. The van der Waals surface area contributed by atoms with Gasteiger partial charge < -0.3 is 15.4 Å². The predicted octanol–water partition coefficient (Wildman–Crippen LogP) is -1.22. The molecule has 1 aliphatic rings. The first-order chi connectivity index (χ1) is 7.24. The van der Waals surface area contributed by atoms with Crippen LogP contribution in [0, 0.1) is 0 Å². The second kappa shape index (κ2) is 6.40. The molecule has 1 atom stereocenters. The lowest BCUT2D eigenvalue weighted by Gasteiger charge is -2.19.